The Morgan fingerprint density at radius 2 is 1.97 bits per heavy atom. The molecule has 0 radical (unpaired) electrons. The highest BCUT2D eigenvalue weighted by Crippen LogP contribution is 2.29. The summed E-state index contributed by atoms with van der Waals surface area (Å²) < 4.78 is 10.2. The van der Waals surface area contributed by atoms with Gasteiger partial charge in [-0.05, 0) is 36.8 Å². The van der Waals surface area contributed by atoms with Crippen LogP contribution in [0.25, 0.3) is 26.2 Å². The van der Waals surface area contributed by atoms with Crippen molar-refractivity contribution in [2.75, 3.05) is 7.11 Å². The van der Waals surface area contributed by atoms with E-state index < -0.39 is 0 Å². The zero-order valence-corrected chi connectivity index (χ0v) is 18.3. The van der Waals surface area contributed by atoms with Crippen LogP contribution < -0.4 is 10.3 Å². The molecule has 6 nitrogen and oxygen atoms in total. The molecule has 3 aromatic heterocycles. The van der Waals surface area contributed by atoms with Gasteiger partial charge in [0.1, 0.15) is 5.75 Å². The summed E-state index contributed by atoms with van der Waals surface area (Å²) in [7, 11) is 1.64. The zero-order valence-electron chi connectivity index (χ0n) is 16.7. The number of nitrogens with zero attached hydrogens (tertiary/aromatic N) is 4. The van der Waals surface area contributed by atoms with Crippen molar-refractivity contribution in [3.05, 3.63) is 64.6 Å². The number of thioether (sulfide) groups is 1. The average Bonchev–Trinajstić information content (AvgIpc) is 3.30. The first kappa shape index (κ1) is 19.1. The highest BCUT2D eigenvalue weighted by Gasteiger charge is 2.14. The zero-order chi connectivity index (χ0) is 20.7. The fourth-order valence-corrected chi connectivity index (χ4v) is 5.61. The van der Waals surface area contributed by atoms with Crippen molar-refractivity contribution in [3.63, 3.8) is 0 Å². The lowest BCUT2D eigenvalue weighted by atomic mass is 10.3. The molecule has 8 heteroatoms. The molecule has 0 fully saturated rings. The van der Waals surface area contributed by atoms with Crippen LogP contribution >= 0.6 is 23.1 Å². The molecule has 5 rings (SSSR count). The minimum absolute atomic E-state index is 0.0610. The van der Waals surface area contributed by atoms with Gasteiger partial charge in [0.05, 0.1) is 34.1 Å². The van der Waals surface area contributed by atoms with Crippen LogP contribution in [0.5, 0.6) is 5.75 Å². The number of benzene rings is 2. The predicted octanol–water partition coefficient (Wildman–Crippen LogP) is 4.97. The SMILES string of the molecule is CCCn1c(SCc2cc(=O)n3c(n2)sc2cc(OC)ccc23)nc2ccccc21. The predicted molar refractivity (Wildman–Crippen MR) is 123 cm³/mol. The van der Waals surface area contributed by atoms with Gasteiger partial charge in [0, 0.05) is 18.4 Å². The number of hydrogen-bond donors (Lipinski definition) is 0. The Balaban J connectivity index is 1.50. The van der Waals surface area contributed by atoms with E-state index in [0.717, 1.165) is 50.8 Å². The van der Waals surface area contributed by atoms with Gasteiger partial charge >= 0.3 is 0 Å². The fourth-order valence-electron chi connectivity index (χ4n) is 3.60. The van der Waals surface area contributed by atoms with Crippen LogP contribution in [-0.2, 0) is 12.3 Å². The summed E-state index contributed by atoms with van der Waals surface area (Å²) in [6.45, 7) is 3.08. The molecule has 0 aliphatic heterocycles. The van der Waals surface area contributed by atoms with E-state index in [2.05, 4.69) is 17.6 Å². The van der Waals surface area contributed by atoms with Gasteiger partial charge in [0.2, 0.25) is 0 Å². The molecule has 0 aliphatic rings. The number of fused-ring (bicyclic) bond motifs is 4. The lowest BCUT2D eigenvalue weighted by molar-refractivity contribution is 0.415. The van der Waals surface area contributed by atoms with Crippen LogP contribution in [0.15, 0.2) is 58.5 Å². The average molecular weight is 437 g/mol. The number of thiazole rings is 1. The van der Waals surface area contributed by atoms with Crippen LogP contribution in [0.3, 0.4) is 0 Å². The number of ether oxygens (including phenoxy) is 1. The highest BCUT2D eigenvalue weighted by molar-refractivity contribution is 7.98. The molecule has 0 amide bonds. The summed E-state index contributed by atoms with van der Waals surface area (Å²) >= 11 is 3.12. The Hall–Kier alpha value is -2.84. The quantitative estimate of drug-likeness (QED) is 0.352. The lowest BCUT2D eigenvalue weighted by Gasteiger charge is -2.07. The molecule has 152 valence electrons. The lowest BCUT2D eigenvalue weighted by Crippen LogP contribution is -2.13. The number of imidazole rings is 1. The minimum Gasteiger partial charge on any atom is -0.497 e. The van der Waals surface area contributed by atoms with E-state index in [1.165, 1.54) is 11.3 Å². The number of rotatable bonds is 6. The van der Waals surface area contributed by atoms with Crippen LogP contribution in [0.1, 0.15) is 19.0 Å². The molecular weight excluding hydrogens is 416 g/mol. The third kappa shape index (κ3) is 3.26. The highest BCUT2D eigenvalue weighted by atomic mass is 32.2. The monoisotopic (exact) mass is 436 g/mol. The van der Waals surface area contributed by atoms with Crippen LogP contribution in [0.2, 0.25) is 0 Å². The minimum atomic E-state index is -0.0610. The largest absolute Gasteiger partial charge is 0.497 e. The smallest absolute Gasteiger partial charge is 0.259 e. The first-order valence-electron chi connectivity index (χ1n) is 9.75. The molecule has 0 N–H and O–H groups in total. The molecular formula is C22H20N4O2S2. The second-order valence-electron chi connectivity index (χ2n) is 6.96. The number of aryl methyl sites for hydroxylation is 1. The molecule has 0 aliphatic carbocycles. The number of hydrogen-bond acceptors (Lipinski definition) is 6. The van der Waals surface area contributed by atoms with Crippen LogP contribution in [-0.4, -0.2) is 26.0 Å². The summed E-state index contributed by atoms with van der Waals surface area (Å²) in [4.78, 5) is 23.1. The maximum Gasteiger partial charge on any atom is 0.259 e. The molecule has 0 bridgehead atoms. The van der Waals surface area contributed by atoms with Gasteiger partial charge in [-0.2, -0.15) is 0 Å². The number of methoxy groups -OCH3 is 1. The second kappa shape index (κ2) is 7.77. The topological polar surface area (TPSA) is 61.4 Å². The third-order valence-corrected chi connectivity index (χ3v) is 6.98. The molecule has 0 unspecified atom stereocenters. The van der Waals surface area contributed by atoms with Gasteiger partial charge in [-0.15, -0.1) is 0 Å². The molecule has 0 saturated heterocycles. The maximum absolute atomic E-state index is 12.8. The molecule has 0 spiro atoms. The van der Waals surface area contributed by atoms with E-state index in [1.807, 2.05) is 36.4 Å². The summed E-state index contributed by atoms with van der Waals surface area (Å²) in [5.74, 6) is 1.36. The molecule has 30 heavy (non-hydrogen) atoms. The Labute approximate surface area is 181 Å². The van der Waals surface area contributed by atoms with Crippen molar-refractivity contribution in [2.45, 2.75) is 30.8 Å². The summed E-state index contributed by atoms with van der Waals surface area (Å²) in [5.41, 5.74) is 3.70. The molecule has 0 saturated carbocycles. The Morgan fingerprint density at radius 3 is 2.80 bits per heavy atom. The van der Waals surface area contributed by atoms with Crippen molar-refractivity contribution in [3.8, 4) is 5.75 Å². The first-order valence-corrected chi connectivity index (χ1v) is 11.6. The van der Waals surface area contributed by atoms with E-state index in [4.69, 9.17) is 14.7 Å². The molecule has 5 aromatic rings. The molecule has 3 heterocycles. The number of para-hydroxylation sites is 2. The van der Waals surface area contributed by atoms with Gasteiger partial charge in [0.25, 0.3) is 5.56 Å². The summed E-state index contributed by atoms with van der Waals surface area (Å²) in [6, 6.07) is 15.5. The van der Waals surface area contributed by atoms with Gasteiger partial charge in [0.15, 0.2) is 10.1 Å². The first-order chi connectivity index (χ1) is 14.7. The second-order valence-corrected chi connectivity index (χ2v) is 8.91. The summed E-state index contributed by atoms with van der Waals surface area (Å²) in [5, 5.41) is 0.959. The Morgan fingerprint density at radius 1 is 1.10 bits per heavy atom. The maximum atomic E-state index is 12.8. The van der Waals surface area contributed by atoms with E-state index in [-0.39, 0.29) is 5.56 Å². The van der Waals surface area contributed by atoms with E-state index in [0.29, 0.717) is 10.7 Å². The summed E-state index contributed by atoms with van der Waals surface area (Å²) in [6.07, 6.45) is 1.03. The normalized spacial score (nSPS) is 11.7. The van der Waals surface area contributed by atoms with E-state index in [1.54, 1.807) is 29.3 Å². The Bertz CT molecular complexity index is 1430. The van der Waals surface area contributed by atoms with Crippen LogP contribution in [0.4, 0.5) is 0 Å². The molecule has 0 atom stereocenters. The van der Waals surface area contributed by atoms with Crippen molar-refractivity contribution >= 4 is 49.3 Å². The van der Waals surface area contributed by atoms with Crippen molar-refractivity contribution in [1.29, 1.82) is 0 Å². The van der Waals surface area contributed by atoms with Gasteiger partial charge < -0.3 is 9.30 Å². The fraction of sp³-hybridized carbons (Fsp3) is 0.227. The van der Waals surface area contributed by atoms with E-state index in [9.17, 15) is 4.79 Å². The number of aromatic nitrogens is 4. The van der Waals surface area contributed by atoms with Crippen molar-refractivity contribution in [1.82, 2.24) is 18.9 Å². The third-order valence-electron chi connectivity index (χ3n) is 4.97. The van der Waals surface area contributed by atoms with Gasteiger partial charge in [-0.3, -0.25) is 9.20 Å². The standard InChI is InChI=1S/C22H20N4O2S2/c1-3-10-25-17-7-5-4-6-16(17)24-21(25)29-13-14-11-20(27)26-18-9-8-15(28-2)12-19(18)30-22(26)23-14/h4-9,11-12H,3,10,13H2,1-2H3. The van der Waals surface area contributed by atoms with E-state index >= 15 is 0 Å². The van der Waals surface area contributed by atoms with Gasteiger partial charge in [-0.25, -0.2) is 9.97 Å². The van der Waals surface area contributed by atoms with Crippen molar-refractivity contribution < 1.29 is 4.74 Å². The molecule has 2 aromatic carbocycles. The van der Waals surface area contributed by atoms with Crippen molar-refractivity contribution in [2.24, 2.45) is 0 Å². The Kier molecular flexibility index (Phi) is 4.96. The van der Waals surface area contributed by atoms with Gasteiger partial charge in [-0.1, -0.05) is 42.2 Å². The van der Waals surface area contributed by atoms with Crippen LogP contribution in [0, 0.1) is 0 Å².